The van der Waals surface area contributed by atoms with E-state index < -0.39 is 0 Å². The molecule has 1 nitrogen and oxygen atoms in total. The van der Waals surface area contributed by atoms with Gasteiger partial charge in [-0.1, -0.05) is 24.3 Å². The molecule has 0 unspecified atom stereocenters. The highest BCUT2D eigenvalue weighted by Crippen LogP contribution is 2.24. The quantitative estimate of drug-likeness (QED) is 0.878. The van der Waals surface area contributed by atoms with Gasteiger partial charge in [-0.15, -0.1) is 0 Å². The van der Waals surface area contributed by atoms with Gasteiger partial charge in [0.25, 0.3) is 0 Å². The largest absolute Gasteiger partial charge is 0.380 e. The molecule has 0 aliphatic carbocycles. The minimum Gasteiger partial charge on any atom is -0.380 e. The number of hydrogen-bond donors (Lipinski definition) is 1. The lowest BCUT2D eigenvalue weighted by molar-refractivity contribution is 0.613. The lowest BCUT2D eigenvalue weighted by atomic mass is 10.2. The van der Waals surface area contributed by atoms with Crippen molar-refractivity contribution in [2.24, 2.45) is 0 Å². The van der Waals surface area contributed by atoms with Gasteiger partial charge in [0.05, 0.1) is 0 Å². The minimum atomic E-state index is -0.177. The van der Waals surface area contributed by atoms with Crippen LogP contribution in [-0.2, 0) is 6.54 Å². The number of halogens is 2. The average molecular weight is 294 g/mol. The standard InChI is InChI=1S/C14H13BrFN/c1-10-6-7-12(15)14(8-10)17-9-11-4-2-3-5-13(11)16/h2-8,17H,9H2,1H3. The zero-order chi connectivity index (χ0) is 12.3. The molecule has 0 saturated carbocycles. The van der Waals surface area contributed by atoms with Crippen LogP contribution in [0.3, 0.4) is 0 Å². The van der Waals surface area contributed by atoms with E-state index in [0.29, 0.717) is 12.1 Å². The van der Waals surface area contributed by atoms with Gasteiger partial charge in [-0.05, 0) is 46.6 Å². The molecule has 0 amide bonds. The van der Waals surface area contributed by atoms with Crippen molar-refractivity contribution in [2.75, 3.05) is 5.32 Å². The van der Waals surface area contributed by atoms with Crippen molar-refractivity contribution >= 4 is 21.6 Å². The third-order valence-corrected chi connectivity index (χ3v) is 3.24. The van der Waals surface area contributed by atoms with Gasteiger partial charge >= 0.3 is 0 Å². The van der Waals surface area contributed by atoms with Gasteiger partial charge in [0.15, 0.2) is 0 Å². The lowest BCUT2D eigenvalue weighted by Crippen LogP contribution is -2.02. The monoisotopic (exact) mass is 293 g/mol. The van der Waals surface area contributed by atoms with E-state index in [4.69, 9.17) is 0 Å². The van der Waals surface area contributed by atoms with Crippen LogP contribution in [0, 0.1) is 12.7 Å². The third-order valence-electron chi connectivity index (χ3n) is 2.55. The summed E-state index contributed by atoms with van der Waals surface area (Å²) >= 11 is 3.47. The fraction of sp³-hybridized carbons (Fsp3) is 0.143. The number of aryl methyl sites for hydroxylation is 1. The Kier molecular flexibility index (Phi) is 3.79. The summed E-state index contributed by atoms with van der Waals surface area (Å²) in [5.41, 5.74) is 2.82. The fourth-order valence-electron chi connectivity index (χ4n) is 1.61. The van der Waals surface area contributed by atoms with Gasteiger partial charge in [-0.2, -0.15) is 0 Å². The summed E-state index contributed by atoms with van der Waals surface area (Å²) in [7, 11) is 0. The van der Waals surface area contributed by atoms with Crippen LogP contribution in [0.2, 0.25) is 0 Å². The zero-order valence-electron chi connectivity index (χ0n) is 9.50. The minimum absolute atomic E-state index is 0.177. The normalized spacial score (nSPS) is 10.3. The van der Waals surface area contributed by atoms with E-state index in [0.717, 1.165) is 10.2 Å². The van der Waals surface area contributed by atoms with Crippen molar-refractivity contribution in [3.63, 3.8) is 0 Å². The second-order valence-corrected chi connectivity index (χ2v) is 4.78. The number of benzene rings is 2. The van der Waals surface area contributed by atoms with Crippen LogP contribution in [-0.4, -0.2) is 0 Å². The fourth-order valence-corrected chi connectivity index (χ4v) is 1.99. The van der Waals surface area contributed by atoms with Crippen molar-refractivity contribution in [3.05, 3.63) is 63.9 Å². The van der Waals surface area contributed by atoms with Crippen LogP contribution >= 0.6 is 15.9 Å². The maximum absolute atomic E-state index is 13.4. The molecule has 0 aromatic heterocycles. The summed E-state index contributed by atoms with van der Waals surface area (Å²) in [6.45, 7) is 2.51. The predicted molar refractivity (Wildman–Crippen MR) is 72.6 cm³/mol. The van der Waals surface area contributed by atoms with E-state index in [9.17, 15) is 4.39 Å². The lowest BCUT2D eigenvalue weighted by Gasteiger charge is -2.10. The van der Waals surface area contributed by atoms with Gasteiger partial charge in [0, 0.05) is 22.3 Å². The maximum Gasteiger partial charge on any atom is 0.128 e. The van der Waals surface area contributed by atoms with Crippen LogP contribution in [0.1, 0.15) is 11.1 Å². The Morgan fingerprint density at radius 1 is 1.18 bits per heavy atom. The molecule has 0 aliphatic heterocycles. The van der Waals surface area contributed by atoms with Gasteiger partial charge < -0.3 is 5.32 Å². The maximum atomic E-state index is 13.4. The van der Waals surface area contributed by atoms with E-state index in [-0.39, 0.29) is 5.82 Å². The smallest absolute Gasteiger partial charge is 0.128 e. The Labute approximate surface area is 109 Å². The van der Waals surface area contributed by atoms with E-state index in [2.05, 4.69) is 21.2 Å². The Balaban J connectivity index is 2.12. The Morgan fingerprint density at radius 2 is 1.94 bits per heavy atom. The molecule has 0 aliphatic rings. The molecule has 0 atom stereocenters. The molecular formula is C14H13BrFN. The van der Waals surface area contributed by atoms with Crippen LogP contribution in [0.4, 0.5) is 10.1 Å². The van der Waals surface area contributed by atoms with Crippen LogP contribution in [0.15, 0.2) is 46.9 Å². The highest BCUT2D eigenvalue weighted by molar-refractivity contribution is 9.10. The number of rotatable bonds is 3. The van der Waals surface area contributed by atoms with E-state index >= 15 is 0 Å². The molecule has 88 valence electrons. The number of nitrogens with one attached hydrogen (secondary N) is 1. The second-order valence-electron chi connectivity index (χ2n) is 3.93. The summed E-state index contributed by atoms with van der Waals surface area (Å²) in [4.78, 5) is 0. The molecule has 0 spiro atoms. The molecule has 17 heavy (non-hydrogen) atoms. The first-order chi connectivity index (χ1) is 8.16. The van der Waals surface area contributed by atoms with Crippen molar-refractivity contribution in [3.8, 4) is 0 Å². The average Bonchev–Trinajstić information content (AvgIpc) is 2.32. The highest BCUT2D eigenvalue weighted by Gasteiger charge is 2.02. The van der Waals surface area contributed by atoms with Crippen LogP contribution in [0.25, 0.3) is 0 Å². The molecule has 1 N–H and O–H groups in total. The summed E-state index contributed by atoms with van der Waals surface area (Å²) in [5, 5.41) is 3.22. The molecule has 0 bridgehead atoms. The molecule has 0 heterocycles. The Morgan fingerprint density at radius 3 is 2.71 bits per heavy atom. The topological polar surface area (TPSA) is 12.0 Å². The predicted octanol–water partition coefficient (Wildman–Crippen LogP) is 4.51. The molecule has 2 rings (SSSR count). The molecule has 2 aromatic rings. The number of anilines is 1. The SMILES string of the molecule is Cc1ccc(Br)c(NCc2ccccc2F)c1. The zero-order valence-corrected chi connectivity index (χ0v) is 11.1. The molecule has 2 aromatic carbocycles. The van der Waals surface area contributed by atoms with Crippen molar-refractivity contribution in [1.29, 1.82) is 0 Å². The Hall–Kier alpha value is -1.35. The van der Waals surface area contributed by atoms with Gasteiger partial charge in [-0.3, -0.25) is 0 Å². The van der Waals surface area contributed by atoms with Gasteiger partial charge in [-0.25, -0.2) is 4.39 Å². The molecule has 0 fully saturated rings. The van der Waals surface area contributed by atoms with Gasteiger partial charge in [0.2, 0.25) is 0 Å². The van der Waals surface area contributed by atoms with Gasteiger partial charge in [0.1, 0.15) is 5.82 Å². The first-order valence-corrected chi connectivity index (χ1v) is 6.19. The van der Waals surface area contributed by atoms with Crippen LogP contribution in [0.5, 0.6) is 0 Å². The molecule has 0 radical (unpaired) electrons. The third kappa shape index (κ3) is 3.07. The number of hydrogen-bond acceptors (Lipinski definition) is 1. The Bertz CT molecular complexity index is 525. The summed E-state index contributed by atoms with van der Waals surface area (Å²) in [6.07, 6.45) is 0. The van der Waals surface area contributed by atoms with Crippen molar-refractivity contribution < 1.29 is 4.39 Å². The van der Waals surface area contributed by atoms with E-state index in [1.807, 2.05) is 31.2 Å². The first-order valence-electron chi connectivity index (χ1n) is 5.40. The van der Waals surface area contributed by atoms with E-state index in [1.165, 1.54) is 11.6 Å². The highest BCUT2D eigenvalue weighted by atomic mass is 79.9. The second kappa shape index (κ2) is 5.32. The first kappa shape index (κ1) is 12.1. The molecular weight excluding hydrogens is 281 g/mol. The summed E-state index contributed by atoms with van der Waals surface area (Å²) in [6, 6.07) is 12.8. The van der Waals surface area contributed by atoms with E-state index in [1.54, 1.807) is 12.1 Å². The van der Waals surface area contributed by atoms with Crippen molar-refractivity contribution in [2.45, 2.75) is 13.5 Å². The molecule has 3 heteroatoms. The van der Waals surface area contributed by atoms with Crippen molar-refractivity contribution in [1.82, 2.24) is 0 Å². The molecule has 0 saturated heterocycles. The summed E-state index contributed by atoms with van der Waals surface area (Å²) < 4.78 is 14.4. The van der Waals surface area contributed by atoms with Crippen LogP contribution < -0.4 is 5.32 Å². The summed E-state index contributed by atoms with van der Waals surface area (Å²) in [5.74, 6) is -0.177.